The summed E-state index contributed by atoms with van der Waals surface area (Å²) in [7, 11) is 0. The molecule has 3 aromatic rings. The molecule has 0 aliphatic heterocycles. The summed E-state index contributed by atoms with van der Waals surface area (Å²) in [4.78, 5) is 8.36. The van der Waals surface area contributed by atoms with E-state index in [1.54, 1.807) is 12.1 Å². The standard InChI is InChI=1S/C26H25FN2.CH2O2/c1-3-8-18-11-13-23(24(27)15-18)26(20-12-14-25(29)21(16-20)17-28)22(4-2)19-9-6-5-7-10-19;2-1-3/h3,5-17,28H,4,29H2,1-2H3;1H,(H,2,3)/b8-3+,26-22-,28-17?;. The van der Waals surface area contributed by atoms with Gasteiger partial charge in [-0.25, -0.2) is 4.39 Å². The number of hydrogen-bond donors (Lipinski definition) is 3. The Labute approximate surface area is 188 Å². The van der Waals surface area contributed by atoms with Crippen molar-refractivity contribution in [3.8, 4) is 0 Å². The van der Waals surface area contributed by atoms with Gasteiger partial charge in [0.25, 0.3) is 6.47 Å². The first-order valence-electron chi connectivity index (χ1n) is 10.2. The van der Waals surface area contributed by atoms with Crippen LogP contribution in [0.4, 0.5) is 10.1 Å². The summed E-state index contributed by atoms with van der Waals surface area (Å²) >= 11 is 0. The second-order valence-electron chi connectivity index (χ2n) is 6.91. The summed E-state index contributed by atoms with van der Waals surface area (Å²) in [6, 6.07) is 20.9. The third-order valence-corrected chi connectivity index (χ3v) is 4.93. The number of hydrogen-bond acceptors (Lipinski definition) is 3. The molecule has 3 rings (SSSR count). The third kappa shape index (κ3) is 5.79. The van der Waals surface area contributed by atoms with Crippen LogP contribution in [0, 0.1) is 11.2 Å². The van der Waals surface area contributed by atoms with E-state index in [2.05, 4.69) is 6.92 Å². The number of carbonyl (C=O) groups is 1. The average molecular weight is 431 g/mol. The van der Waals surface area contributed by atoms with Crippen molar-refractivity contribution in [2.75, 3.05) is 5.73 Å². The molecule has 0 amide bonds. The van der Waals surface area contributed by atoms with E-state index in [0.717, 1.165) is 34.3 Å². The lowest BCUT2D eigenvalue weighted by Crippen LogP contribution is -2.00. The summed E-state index contributed by atoms with van der Waals surface area (Å²) in [6.45, 7) is 3.73. The maximum Gasteiger partial charge on any atom is 0.290 e. The van der Waals surface area contributed by atoms with E-state index in [-0.39, 0.29) is 12.3 Å². The lowest BCUT2D eigenvalue weighted by atomic mass is 9.87. The number of carboxylic acid groups (broad SMARTS) is 1. The van der Waals surface area contributed by atoms with Crippen LogP contribution in [0.15, 0.2) is 72.8 Å². The predicted molar refractivity (Wildman–Crippen MR) is 131 cm³/mol. The van der Waals surface area contributed by atoms with Gasteiger partial charge in [0, 0.05) is 23.0 Å². The van der Waals surface area contributed by atoms with Crippen molar-refractivity contribution in [2.24, 2.45) is 0 Å². The van der Waals surface area contributed by atoms with Crippen LogP contribution in [0.3, 0.4) is 0 Å². The molecular weight excluding hydrogens is 403 g/mol. The zero-order valence-corrected chi connectivity index (χ0v) is 18.2. The van der Waals surface area contributed by atoms with E-state index in [4.69, 9.17) is 21.0 Å². The van der Waals surface area contributed by atoms with Gasteiger partial charge in [0.15, 0.2) is 0 Å². The van der Waals surface area contributed by atoms with Gasteiger partial charge in [0.05, 0.1) is 0 Å². The number of allylic oxidation sites excluding steroid dienone is 2. The SMILES string of the molecule is C/C=C/c1ccc(/C(=C(/CC)c2ccccc2)c2ccc(N)c(C=N)c2)c(F)c1.O=CO. The van der Waals surface area contributed by atoms with Crippen molar-refractivity contribution in [3.63, 3.8) is 0 Å². The lowest BCUT2D eigenvalue weighted by Gasteiger charge is -2.18. The fourth-order valence-electron chi connectivity index (χ4n) is 3.54. The molecule has 0 spiro atoms. The molecule has 0 heterocycles. The topological polar surface area (TPSA) is 87.2 Å². The van der Waals surface area contributed by atoms with E-state index in [1.807, 2.05) is 73.7 Å². The Morgan fingerprint density at radius 1 is 1.06 bits per heavy atom. The van der Waals surface area contributed by atoms with Crippen molar-refractivity contribution >= 4 is 35.6 Å². The molecule has 5 heteroatoms. The largest absolute Gasteiger partial charge is 0.483 e. The second-order valence-corrected chi connectivity index (χ2v) is 6.91. The molecule has 164 valence electrons. The Morgan fingerprint density at radius 2 is 1.75 bits per heavy atom. The van der Waals surface area contributed by atoms with Crippen molar-refractivity contribution in [1.82, 2.24) is 0 Å². The molecule has 4 N–H and O–H groups in total. The third-order valence-electron chi connectivity index (χ3n) is 4.93. The minimum Gasteiger partial charge on any atom is -0.483 e. The first-order chi connectivity index (χ1) is 15.5. The molecule has 3 aromatic carbocycles. The van der Waals surface area contributed by atoms with Crippen LogP contribution in [-0.4, -0.2) is 17.8 Å². The van der Waals surface area contributed by atoms with Gasteiger partial charge in [-0.05, 0) is 59.4 Å². The van der Waals surface area contributed by atoms with Gasteiger partial charge in [0.2, 0.25) is 0 Å². The molecule has 0 saturated heterocycles. The summed E-state index contributed by atoms with van der Waals surface area (Å²) < 4.78 is 15.2. The normalized spacial score (nSPS) is 11.3. The van der Waals surface area contributed by atoms with Gasteiger partial charge in [-0.3, -0.25) is 4.79 Å². The quantitative estimate of drug-likeness (QED) is 0.180. The molecule has 0 unspecified atom stereocenters. The number of nitrogen functional groups attached to an aromatic ring is 1. The highest BCUT2D eigenvalue weighted by Crippen LogP contribution is 2.36. The minimum absolute atomic E-state index is 0.250. The monoisotopic (exact) mass is 430 g/mol. The van der Waals surface area contributed by atoms with Gasteiger partial charge in [-0.1, -0.05) is 67.6 Å². The number of nitrogens with one attached hydrogen (secondary N) is 1. The zero-order valence-electron chi connectivity index (χ0n) is 18.2. The smallest absolute Gasteiger partial charge is 0.290 e. The minimum atomic E-state index is -0.272. The molecule has 0 atom stereocenters. The summed E-state index contributed by atoms with van der Waals surface area (Å²) in [5.41, 5.74) is 12.3. The Morgan fingerprint density at radius 3 is 2.31 bits per heavy atom. The zero-order chi connectivity index (χ0) is 23.5. The van der Waals surface area contributed by atoms with E-state index in [0.29, 0.717) is 16.8 Å². The van der Waals surface area contributed by atoms with Gasteiger partial charge in [0.1, 0.15) is 5.82 Å². The summed E-state index contributed by atoms with van der Waals surface area (Å²) in [5, 5.41) is 14.5. The number of benzene rings is 3. The first-order valence-corrected chi connectivity index (χ1v) is 10.2. The van der Waals surface area contributed by atoms with E-state index in [1.165, 1.54) is 6.21 Å². The molecule has 0 bridgehead atoms. The fraction of sp³-hybridized carbons (Fsp3) is 0.111. The van der Waals surface area contributed by atoms with E-state index >= 15 is 4.39 Å². The van der Waals surface area contributed by atoms with Crippen molar-refractivity contribution < 1.29 is 14.3 Å². The number of halogens is 1. The molecule has 0 aliphatic carbocycles. The molecule has 0 aromatic heterocycles. The van der Waals surface area contributed by atoms with Gasteiger partial charge in [-0.2, -0.15) is 0 Å². The average Bonchev–Trinajstić information content (AvgIpc) is 2.80. The van der Waals surface area contributed by atoms with Crippen LogP contribution in [0.1, 0.15) is 48.1 Å². The van der Waals surface area contributed by atoms with Crippen LogP contribution in [0.5, 0.6) is 0 Å². The van der Waals surface area contributed by atoms with E-state index in [9.17, 15) is 0 Å². The van der Waals surface area contributed by atoms with Crippen molar-refractivity contribution in [2.45, 2.75) is 20.3 Å². The summed E-state index contributed by atoms with van der Waals surface area (Å²) in [6.07, 6.45) is 5.74. The van der Waals surface area contributed by atoms with Crippen LogP contribution in [-0.2, 0) is 4.79 Å². The molecule has 0 radical (unpaired) electrons. The number of rotatable bonds is 6. The number of nitrogens with two attached hydrogens (primary N) is 1. The van der Waals surface area contributed by atoms with E-state index < -0.39 is 0 Å². The molecule has 32 heavy (non-hydrogen) atoms. The highest BCUT2D eigenvalue weighted by molar-refractivity contribution is 6.00. The maximum atomic E-state index is 15.2. The van der Waals surface area contributed by atoms with Crippen LogP contribution >= 0.6 is 0 Å². The van der Waals surface area contributed by atoms with Crippen LogP contribution in [0.25, 0.3) is 17.2 Å². The fourth-order valence-corrected chi connectivity index (χ4v) is 3.54. The maximum absolute atomic E-state index is 15.2. The van der Waals surface area contributed by atoms with Crippen molar-refractivity contribution in [1.29, 1.82) is 5.41 Å². The summed E-state index contributed by atoms with van der Waals surface area (Å²) in [5.74, 6) is -0.272. The molecular formula is C27H27FN2O2. The highest BCUT2D eigenvalue weighted by atomic mass is 19.1. The molecule has 0 fully saturated rings. The number of anilines is 1. The Bertz CT molecular complexity index is 1140. The van der Waals surface area contributed by atoms with Crippen molar-refractivity contribution in [3.05, 3.63) is 106 Å². The van der Waals surface area contributed by atoms with Crippen LogP contribution < -0.4 is 5.73 Å². The van der Waals surface area contributed by atoms with Gasteiger partial charge < -0.3 is 16.2 Å². The lowest BCUT2D eigenvalue weighted by molar-refractivity contribution is -0.122. The predicted octanol–water partition coefficient (Wildman–Crippen LogP) is 6.51. The Balaban J connectivity index is 0.00000114. The van der Waals surface area contributed by atoms with Gasteiger partial charge >= 0.3 is 0 Å². The second kappa shape index (κ2) is 12.0. The first kappa shape index (κ1) is 24.3. The molecule has 0 saturated carbocycles. The molecule has 4 nitrogen and oxygen atoms in total. The highest BCUT2D eigenvalue weighted by Gasteiger charge is 2.17. The Kier molecular flexibility index (Phi) is 9.11. The molecule has 0 aliphatic rings. The van der Waals surface area contributed by atoms with Gasteiger partial charge in [-0.15, -0.1) is 0 Å². The van der Waals surface area contributed by atoms with Crippen LogP contribution in [0.2, 0.25) is 0 Å². The Hall–Kier alpha value is -3.99.